The van der Waals surface area contributed by atoms with Gasteiger partial charge in [-0.25, -0.2) is 14.4 Å². The highest BCUT2D eigenvalue weighted by Gasteiger charge is 2.47. The number of hydrogen-bond acceptors (Lipinski definition) is 7. The smallest absolute Gasteiger partial charge is 0.261 e. The van der Waals surface area contributed by atoms with Gasteiger partial charge < -0.3 is 20.4 Å². The Hall–Kier alpha value is -3.86. The molecule has 5 rings (SSSR count). The Labute approximate surface area is 248 Å². The van der Waals surface area contributed by atoms with Crippen molar-refractivity contribution in [1.82, 2.24) is 14.9 Å². The van der Waals surface area contributed by atoms with Crippen LogP contribution in [0.5, 0.6) is 0 Å². The average molecular weight is 594 g/mol. The van der Waals surface area contributed by atoms with Crippen LogP contribution in [0.15, 0.2) is 49.3 Å². The highest BCUT2D eigenvalue weighted by Crippen LogP contribution is 2.46. The number of anilines is 2. The Morgan fingerprint density at radius 2 is 1.95 bits per heavy atom. The lowest BCUT2D eigenvalue weighted by molar-refractivity contribution is -0.152. The third-order valence-electron chi connectivity index (χ3n) is 7.85. The van der Waals surface area contributed by atoms with E-state index in [9.17, 15) is 19.8 Å². The molecule has 42 heavy (non-hydrogen) atoms. The van der Waals surface area contributed by atoms with Gasteiger partial charge in [-0.15, -0.1) is 0 Å². The van der Waals surface area contributed by atoms with Crippen molar-refractivity contribution in [3.63, 3.8) is 0 Å². The van der Waals surface area contributed by atoms with Gasteiger partial charge in [0, 0.05) is 48.6 Å². The monoisotopic (exact) mass is 593 g/mol. The van der Waals surface area contributed by atoms with E-state index in [2.05, 4.69) is 21.9 Å². The fraction of sp³-hybridized carbons (Fsp3) is 0.355. The van der Waals surface area contributed by atoms with Gasteiger partial charge in [-0.1, -0.05) is 36.4 Å². The van der Waals surface area contributed by atoms with Crippen LogP contribution in [-0.4, -0.2) is 68.2 Å². The number of aliphatic hydroxyl groups is 2. The first kappa shape index (κ1) is 29.6. The number of carbonyl (C=O) groups is 2. The van der Waals surface area contributed by atoms with E-state index in [0.717, 1.165) is 0 Å². The molecule has 2 aliphatic rings. The Morgan fingerprint density at radius 3 is 2.55 bits per heavy atom. The largest absolute Gasteiger partial charge is 0.392 e. The van der Waals surface area contributed by atoms with Crippen molar-refractivity contribution in [2.24, 2.45) is 0 Å². The van der Waals surface area contributed by atoms with E-state index >= 15 is 4.39 Å². The van der Waals surface area contributed by atoms with Crippen LogP contribution in [0.3, 0.4) is 0 Å². The van der Waals surface area contributed by atoms with Gasteiger partial charge in [0.25, 0.3) is 11.8 Å². The molecule has 1 atom stereocenters. The molecule has 2 aliphatic heterocycles. The number of nitrogens with one attached hydrogen (secondary N) is 1. The second-order valence-corrected chi connectivity index (χ2v) is 12.1. The van der Waals surface area contributed by atoms with Gasteiger partial charge in [-0.2, -0.15) is 0 Å². The van der Waals surface area contributed by atoms with Gasteiger partial charge in [0.2, 0.25) is 0 Å². The van der Waals surface area contributed by atoms with E-state index in [4.69, 9.17) is 11.6 Å². The lowest BCUT2D eigenvalue weighted by Gasteiger charge is -2.44. The molecule has 0 saturated carbocycles. The normalized spacial score (nSPS) is 18.9. The van der Waals surface area contributed by atoms with Gasteiger partial charge in [-0.3, -0.25) is 14.5 Å². The Kier molecular flexibility index (Phi) is 7.59. The van der Waals surface area contributed by atoms with Gasteiger partial charge in [0.05, 0.1) is 23.2 Å². The van der Waals surface area contributed by atoms with Gasteiger partial charge in [-0.05, 0) is 56.5 Å². The summed E-state index contributed by atoms with van der Waals surface area (Å²) in [5, 5.41) is 22.9. The number of carbonyl (C=O) groups excluding carboxylic acids is 2. The highest BCUT2D eigenvalue weighted by atomic mass is 35.5. The molecule has 2 amide bonds. The Morgan fingerprint density at radius 1 is 1.24 bits per heavy atom. The molecule has 1 aromatic carbocycles. The number of allylic oxidation sites excluding steroid dienone is 1. The second kappa shape index (κ2) is 10.8. The predicted molar refractivity (Wildman–Crippen MR) is 159 cm³/mol. The molecule has 0 aliphatic carbocycles. The van der Waals surface area contributed by atoms with Crippen LogP contribution in [0.25, 0.3) is 5.57 Å². The van der Waals surface area contributed by atoms with Crippen molar-refractivity contribution in [1.29, 1.82) is 0 Å². The van der Waals surface area contributed by atoms with E-state index in [0.29, 0.717) is 52.6 Å². The summed E-state index contributed by atoms with van der Waals surface area (Å²) in [6, 6.07) is 7.97. The number of halogens is 2. The fourth-order valence-electron chi connectivity index (χ4n) is 5.70. The van der Waals surface area contributed by atoms with Crippen molar-refractivity contribution in [2.45, 2.75) is 51.4 Å². The van der Waals surface area contributed by atoms with Crippen LogP contribution in [0.2, 0.25) is 5.02 Å². The molecule has 3 N–H and O–H groups in total. The molecule has 4 heterocycles. The zero-order chi connectivity index (χ0) is 30.6. The molecule has 2 aromatic heterocycles. The highest BCUT2D eigenvalue weighted by molar-refractivity contribution is 6.30. The summed E-state index contributed by atoms with van der Waals surface area (Å²) in [6.45, 7) is 11.3. The number of amides is 2. The molecular formula is C31H33ClFN5O4. The SMILES string of the molecule is C=C(C)c1c(NC2CN(C(=O)C(C)(C)O)C2)ncc2c1[C@@](C)(c1cccc(Cl)c1F)CN(c1ccc(CO)cn1)C2=O. The molecule has 220 valence electrons. The number of likely N-dealkylation sites (tertiary alicyclic amines) is 1. The molecule has 0 spiro atoms. The van der Waals surface area contributed by atoms with Crippen LogP contribution in [0, 0.1) is 5.82 Å². The Bertz CT molecular complexity index is 1580. The minimum absolute atomic E-state index is 0.0422. The Balaban J connectivity index is 1.63. The standard InChI is InChI=1S/C31H33ClFN5O4/c1-17(2)24-25-20(12-35-27(24)36-19-13-37(14-19)29(41)30(3,4)42)28(40)38(23-10-9-18(15-39)11-34-23)16-31(25,5)21-7-6-8-22(32)26(21)33/h6-12,19,39,42H,1,13-16H2,2-5H3,(H,35,36)/t31-/m1/s1. The fourth-order valence-corrected chi connectivity index (χ4v) is 5.88. The number of hydrogen-bond donors (Lipinski definition) is 3. The van der Waals surface area contributed by atoms with Crippen LogP contribution in [0.4, 0.5) is 16.0 Å². The zero-order valence-electron chi connectivity index (χ0n) is 23.9. The van der Waals surface area contributed by atoms with Crippen LogP contribution < -0.4 is 10.2 Å². The number of pyridine rings is 2. The summed E-state index contributed by atoms with van der Waals surface area (Å²) in [5.41, 5.74) is 0.340. The van der Waals surface area contributed by atoms with Crippen molar-refractivity contribution >= 4 is 40.6 Å². The van der Waals surface area contributed by atoms with E-state index in [1.807, 2.05) is 6.92 Å². The molecule has 1 saturated heterocycles. The van der Waals surface area contributed by atoms with Crippen LogP contribution >= 0.6 is 11.6 Å². The van der Waals surface area contributed by atoms with E-state index in [-0.39, 0.29) is 41.6 Å². The molecule has 1 fully saturated rings. The first-order valence-corrected chi connectivity index (χ1v) is 13.9. The summed E-state index contributed by atoms with van der Waals surface area (Å²) in [5.74, 6) is -0.511. The molecule has 11 heteroatoms. The number of aromatic nitrogens is 2. The third kappa shape index (κ3) is 5.04. The number of nitrogens with zero attached hydrogens (tertiary/aromatic N) is 4. The van der Waals surface area contributed by atoms with Crippen molar-refractivity contribution in [3.8, 4) is 0 Å². The van der Waals surface area contributed by atoms with Gasteiger partial charge in [0.15, 0.2) is 0 Å². The number of fused-ring (bicyclic) bond motifs is 1. The topological polar surface area (TPSA) is 119 Å². The van der Waals surface area contributed by atoms with E-state index in [1.165, 1.54) is 37.2 Å². The maximum Gasteiger partial charge on any atom is 0.261 e. The minimum atomic E-state index is -1.47. The average Bonchev–Trinajstić information content (AvgIpc) is 2.92. The third-order valence-corrected chi connectivity index (χ3v) is 8.15. The van der Waals surface area contributed by atoms with Crippen LogP contribution in [0.1, 0.15) is 60.3 Å². The van der Waals surface area contributed by atoms with E-state index < -0.39 is 16.8 Å². The second-order valence-electron chi connectivity index (χ2n) is 11.7. The quantitative estimate of drug-likeness (QED) is 0.376. The lowest BCUT2D eigenvalue weighted by atomic mass is 9.69. The summed E-state index contributed by atoms with van der Waals surface area (Å²) < 4.78 is 15.8. The summed E-state index contributed by atoms with van der Waals surface area (Å²) in [4.78, 5) is 38.5. The lowest BCUT2D eigenvalue weighted by Crippen LogP contribution is -2.61. The molecular weight excluding hydrogens is 561 g/mol. The minimum Gasteiger partial charge on any atom is -0.392 e. The van der Waals surface area contributed by atoms with E-state index in [1.54, 1.807) is 36.1 Å². The van der Waals surface area contributed by atoms with Gasteiger partial charge in [0.1, 0.15) is 23.1 Å². The number of benzene rings is 1. The van der Waals surface area contributed by atoms with Crippen molar-refractivity contribution in [3.05, 3.63) is 88.0 Å². The molecule has 0 unspecified atom stereocenters. The maximum absolute atomic E-state index is 15.8. The summed E-state index contributed by atoms with van der Waals surface area (Å²) in [7, 11) is 0. The number of rotatable bonds is 7. The predicted octanol–water partition coefficient (Wildman–Crippen LogP) is 4.15. The summed E-state index contributed by atoms with van der Waals surface area (Å²) >= 11 is 6.25. The number of aliphatic hydroxyl groups excluding tert-OH is 1. The zero-order valence-corrected chi connectivity index (χ0v) is 24.7. The maximum atomic E-state index is 15.8. The molecule has 3 aromatic rings. The first-order valence-electron chi connectivity index (χ1n) is 13.6. The van der Waals surface area contributed by atoms with Crippen LogP contribution in [-0.2, 0) is 16.8 Å². The van der Waals surface area contributed by atoms with Crippen molar-refractivity contribution < 1.29 is 24.2 Å². The summed E-state index contributed by atoms with van der Waals surface area (Å²) in [6.07, 6.45) is 2.96. The molecule has 0 bridgehead atoms. The first-order chi connectivity index (χ1) is 19.8. The molecule has 0 radical (unpaired) electrons. The van der Waals surface area contributed by atoms with Crippen molar-refractivity contribution in [2.75, 3.05) is 29.9 Å². The molecule has 9 nitrogen and oxygen atoms in total. The van der Waals surface area contributed by atoms with Gasteiger partial charge >= 0.3 is 0 Å².